The normalized spacial score (nSPS) is 16.6. The molecule has 0 aromatic heterocycles. The number of carbonyl (C=O) groups excluding carboxylic acids is 3. The lowest BCUT2D eigenvalue weighted by atomic mass is 9.73. The first-order valence-corrected chi connectivity index (χ1v) is 15.2. The van der Waals surface area contributed by atoms with Crippen molar-refractivity contribution < 1.29 is 43.6 Å². The van der Waals surface area contributed by atoms with Gasteiger partial charge in [0.2, 0.25) is 0 Å². The first kappa shape index (κ1) is 36.3. The number of hydrogen-bond acceptors (Lipinski definition) is 10. The third-order valence-corrected chi connectivity index (χ3v) is 7.94. The smallest absolute Gasteiger partial charge is 0.315 e. The zero-order chi connectivity index (χ0) is 33.0. The van der Waals surface area contributed by atoms with Gasteiger partial charge in [0.25, 0.3) is 5.09 Å². The Hall–Kier alpha value is -3.89. The van der Waals surface area contributed by atoms with E-state index >= 15 is 0 Å². The van der Waals surface area contributed by atoms with E-state index in [1.54, 1.807) is 19.9 Å². The highest BCUT2D eigenvalue weighted by molar-refractivity contribution is 5.83. The molecule has 44 heavy (non-hydrogen) atoms. The average Bonchev–Trinajstić information content (AvgIpc) is 2.95. The van der Waals surface area contributed by atoms with Gasteiger partial charge in [-0.05, 0) is 75.6 Å². The topological polar surface area (TPSA) is 152 Å². The summed E-state index contributed by atoms with van der Waals surface area (Å²) in [5.41, 5.74) is 1.25. The zero-order valence-electron chi connectivity index (χ0n) is 26.8. The monoisotopic (exact) mass is 617 g/mol. The molecule has 1 aliphatic carbocycles. The molecule has 0 saturated heterocycles. The summed E-state index contributed by atoms with van der Waals surface area (Å²) >= 11 is 0. The summed E-state index contributed by atoms with van der Waals surface area (Å²) in [4.78, 5) is 52.7. The molecule has 2 rings (SSSR count). The van der Waals surface area contributed by atoms with E-state index in [1.807, 2.05) is 26.8 Å². The van der Waals surface area contributed by atoms with E-state index in [4.69, 9.17) is 14.2 Å². The molecule has 0 amide bonds. The second kappa shape index (κ2) is 16.8. The highest BCUT2D eigenvalue weighted by Gasteiger charge is 2.37. The van der Waals surface area contributed by atoms with Gasteiger partial charge in [-0.25, -0.2) is 0 Å². The van der Waals surface area contributed by atoms with Gasteiger partial charge in [0.05, 0.1) is 24.5 Å². The minimum atomic E-state index is -1.27. The van der Waals surface area contributed by atoms with E-state index < -0.39 is 34.3 Å². The van der Waals surface area contributed by atoms with Crippen molar-refractivity contribution in [3.05, 3.63) is 57.2 Å². The van der Waals surface area contributed by atoms with Crippen LogP contribution < -0.4 is 4.74 Å². The number of phenols is 1. The number of aromatic hydroxyl groups is 1. The van der Waals surface area contributed by atoms with Crippen molar-refractivity contribution in [2.45, 2.75) is 97.8 Å². The molecule has 1 aromatic rings. The number of esters is 3. The Balaban J connectivity index is 2.59. The van der Waals surface area contributed by atoms with Gasteiger partial charge in [0.15, 0.2) is 0 Å². The lowest BCUT2D eigenvalue weighted by Gasteiger charge is -2.33. The number of benzene rings is 1. The lowest BCUT2D eigenvalue weighted by molar-refractivity contribution is -0.757. The van der Waals surface area contributed by atoms with Crippen LogP contribution in [0.2, 0.25) is 0 Å². The summed E-state index contributed by atoms with van der Waals surface area (Å²) in [6.45, 7) is 14.5. The molecule has 0 aliphatic heterocycles. The molecule has 11 heteroatoms. The Kier molecular flexibility index (Phi) is 13.9. The summed E-state index contributed by atoms with van der Waals surface area (Å²) in [5, 5.41) is 21.0. The average molecular weight is 618 g/mol. The van der Waals surface area contributed by atoms with Crippen LogP contribution >= 0.6 is 0 Å². The van der Waals surface area contributed by atoms with Crippen LogP contribution in [0.4, 0.5) is 0 Å². The van der Waals surface area contributed by atoms with Gasteiger partial charge >= 0.3 is 17.9 Å². The molecule has 11 nitrogen and oxygen atoms in total. The summed E-state index contributed by atoms with van der Waals surface area (Å²) in [6, 6.07) is 3.08. The number of carbonyl (C=O) groups is 3. The van der Waals surface area contributed by atoms with Crippen molar-refractivity contribution in [3.8, 4) is 11.5 Å². The Morgan fingerprint density at radius 1 is 1.11 bits per heavy atom. The Bertz CT molecular complexity index is 1230. The summed E-state index contributed by atoms with van der Waals surface area (Å²) in [7, 11) is 0. The molecular weight excluding hydrogens is 570 g/mol. The fraction of sp³-hybridized carbons (Fsp3) is 0.606. The third-order valence-electron chi connectivity index (χ3n) is 7.94. The zero-order valence-corrected chi connectivity index (χ0v) is 26.8. The van der Waals surface area contributed by atoms with Crippen LogP contribution in [0.3, 0.4) is 0 Å². The molecule has 244 valence electrons. The highest BCUT2D eigenvalue weighted by atomic mass is 16.9. The largest absolute Gasteiger partial charge is 0.507 e. The SMILES string of the molecule is C=C(C)[C@H]1CCC(COC(C)=O)=C[C@@H]1c1c(O)cc(C(C)(C)C(=O)OCCCO[N+](=O)[O-])cc1OC(=O)C(CCC)CCC. The van der Waals surface area contributed by atoms with E-state index in [0.717, 1.165) is 24.0 Å². The quantitative estimate of drug-likeness (QED) is 0.0512. The molecule has 0 radical (unpaired) electrons. The Morgan fingerprint density at radius 2 is 1.77 bits per heavy atom. The van der Waals surface area contributed by atoms with E-state index in [-0.39, 0.29) is 49.6 Å². The molecule has 0 unspecified atom stereocenters. The summed E-state index contributed by atoms with van der Waals surface area (Å²) in [5.74, 6) is -2.31. The van der Waals surface area contributed by atoms with Crippen LogP contribution in [-0.4, -0.2) is 47.9 Å². The second-order valence-electron chi connectivity index (χ2n) is 11.9. The van der Waals surface area contributed by atoms with Gasteiger partial charge in [-0.1, -0.05) is 44.9 Å². The van der Waals surface area contributed by atoms with E-state index in [9.17, 15) is 29.6 Å². The van der Waals surface area contributed by atoms with Gasteiger partial charge < -0.3 is 24.2 Å². The summed E-state index contributed by atoms with van der Waals surface area (Å²) in [6.07, 6.45) is 6.33. The maximum absolute atomic E-state index is 13.5. The minimum Gasteiger partial charge on any atom is -0.507 e. The van der Waals surface area contributed by atoms with Crippen molar-refractivity contribution in [2.24, 2.45) is 11.8 Å². The van der Waals surface area contributed by atoms with Crippen molar-refractivity contribution in [1.82, 2.24) is 0 Å². The predicted octanol–water partition coefficient (Wildman–Crippen LogP) is 6.49. The fourth-order valence-electron chi connectivity index (χ4n) is 5.45. The van der Waals surface area contributed by atoms with Crippen LogP contribution in [0.25, 0.3) is 0 Å². The molecular formula is C33H47NO10. The molecule has 0 heterocycles. The number of ether oxygens (including phenoxy) is 3. The van der Waals surface area contributed by atoms with E-state index in [0.29, 0.717) is 36.8 Å². The molecule has 1 N–H and O–H groups in total. The fourth-order valence-corrected chi connectivity index (χ4v) is 5.45. The van der Waals surface area contributed by atoms with Gasteiger partial charge in [-0.3, -0.25) is 14.4 Å². The minimum absolute atomic E-state index is 0.0910. The van der Waals surface area contributed by atoms with Crippen molar-refractivity contribution in [1.29, 1.82) is 0 Å². The molecule has 2 atom stereocenters. The first-order valence-electron chi connectivity index (χ1n) is 15.2. The van der Waals surface area contributed by atoms with E-state index in [1.165, 1.54) is 13.0 Å². The predicted molar refractivity (Wildman–Crippen MR) is 164 cm³/mol. The highest BCUT2D eigenvalue weighted by Crippen LogP contribution is 2.48. The van der Waals surface area contributed by atoms with Gasteiger partial charge in [-0.2, -0.15) is 0 Å². The van der Waals surface area contributed by atoms with Crippen LogP contribution in [-0.2, 0) is 34.1 Å². The molecule has 1 aliphatic rings. The van der Waals surface area contributed by atoms with Crippen molar-refractivity contribution in [2.75, 3.05) is 19.8 Å². The number of phenolic OH excluding ortho intramolecular Hbond substituents is 1. The second-order valence-corrected chi connectivity index (χ2v) is 11.9. The maximum atomic E-state index is 13.5. The Labute approximate surface area is 259 Å². The molecule has 0 saturated carbocycles. The van der Waals surface area contributed by atoms with Crippen LogP contribution in [0.1, 0.15) is 104 Å². The van der Waals surface area contributed by atoms with E-state index in [2.05, 4.69) is 11.4 Å². The molecule has 0 bridgehead atoms. The van der Waals surface area contributed by atoms with Gasteiger partial charge in [-0.15, -0.1) is 10.1 Å². The van der Waals surface area contributed by atoms with Crippen molar-refractivity contribution in [3.63, 3.8) is 0 Å². The first-order chi connectivity index (χ1) is 20.7. The lowest BCUT2D eigenvalue weighted by Crippen LogP contribution is -2.32. The number of hydrogen-bond donors (Lipinski definition) is 1. The van der Waals surface area contributed by atoms with Crippen LogP contribution in [0.15, 0.2) is 35.9 Å². The van der Waals surface area contributed by atoms with Crippen molar-refractivity contribution >= 4 is 17.9 Å². The number of nitrogens with zero attached hydrogens (tertiary/aromatic N) is 1. The number of rotatable bonds is 17. The van der Waals surface area contributed by atoms with Crippen LogP contribution in [0, 0.1) is 22.0 Å². The standard InChI is InChI=1S/C33H47NO10/c1-8-11-24(12-9-2)31(37)44-29-19-25(33(6,7)32(38)41-15-10-16-43-34(39)40)18-28(36)30(29)27-17-23(20-42-22(5)35)13-14-26(27)21(3)4/h17-19,24,26-27,36H,3,8-16,20H2,1-2,4-7H3/t26-,27+/m1/s1. The molecule has 0 spiro atoms. The molecule has 0 fully saturated rings. The van der Waals surface area contributed by atoms with Gasteiger partial charge in [0.1, 0.15) is 18.1 Å². The molecule has 1 aromatic carbocycles. The Morgan fingerprint density at radius 3 is 2.34 bits per heavy atom. The maximum Gasteiger partial charge on any atom is 0.315 e. The third kappa shape index (κ3) is 10.1. The van der Waals surface area contributed by atoms with Crippen LogP contribution in [0.5, 0.6) is 11.5 Å². The number of allylic oxidation sites excluding steroid dienone is 2. The summed E-state index contributed by atoms with van der Waals surface area (Å²) < 4.78 is 16.7. The van der Waals surface area contributed by atoms with Gasteiger partial charge in [0, 0.05) is 24.8 Å².